The van der Waals surface area contributed by atoms with Crippen LogP contribution in [0.5, 0.6) is 11.5 Å². The van der Waals surface area contributed by atoms with Crippen molar-refractivity contribution in [2.75, 3.05) is 13.2 Å². The first kappa shape index (κ1) is 25.8. The first-order chi connectivity index (χ1) is 16.1. The van der Waals surface area contributed by atoms with E-state index < -0.39 is 47.8 Å². The lowest BCUT2D eigenvalue weighted by molar-refractivity contribution is -0.352. The molecule has 1 aliphatic rings. The minimum Gasteiger partial charge on any atom is -0.459 e. The second-order valence-electron chi connectivity index (χ2n) is 7.51. The molecule has 4 nitrogen and oxygen atoms in total. The van der Waals surface area contributed by atoms with Gasteiger partial charge in [-0.1, -0.05) is 13.3 Å². The van der Waals surface area contributed by atoms with Gasteiger partial charge >= 0.3 is 6.11 Å². The Balaban J connectivity index is 1.72. The van der Waals surface area contributed by atoms with Crippen molar-refractivity contribution in [3.8, 4) is 22.6 Å². The monoisotopic (exact) mass is 494 g/mol. The normalized spacial score (nSPS) is 19.1. The number of alkyl halides is 4. The minimum atomic E-state index is -3.92. The summed E-state index contributed by atoms with van der Waals surface area (Å²) in [5.41, 5.74) is -0.604. The Labute approximate surface area is 190 Å². The highest BCUT2D eigenvalue weighted by molar-refractivity contribution is 5.66. The largest absolute Gasteiger partial charge is 0.459 e. The second-order valence-corrected chi connectivity index (χ2v) is 7.51. The quantitative estimate of drug-likeness (QED) is 0.288. The molecular formula is C23H21F7O4. The maximum absolute atomic E-state index is 14.6. The van der Waals surface area contributed by atoms with Gasteiger partial charge < -0.3 is 18.9 Å². The topological polar surface area (TPSA) is 36.9 Å². The fraction of sp³-hybridized carbons (Fsp3) is 0.391. The smallest absolute Gasteiger partial charge is 0.451 e. The van der Waals surface area contributed by atoms with Crippen LogP contribution < -0.4 is 9.47 Å². The third-order valence-corrected chi connectivity index (χ3v) is 4.85. The van der Waals surface area contributed by atoms with E-state index in [9.17, 15) is 30.7 Å². The van der Waals surface area contributed by atoms with Gasteiger partial charge in [-0.15, -0.1) is 0 Å². The number of halogens is 7. The molecule has 0 amide bonds. The number of hydrogen-bond acceptors (Lipinski definition) is 4. The van der Waals surface area contributed by atoms with Crippen molar-refractivity contribution in [3.63, 3.8) is 0 Å². The van der Waals surface area contributed by atoms with Crippen LogP contribution in [0.4, 0.5) is 30.7 Å². The van der Waals surface area contributed by atoms with Crippen LogP contribution in [0.1, 0.15) is 19.8 Å². The van der Waals surface area contributed by atoms with Crippen LogP contribution in [0.3, 0.4) is 0 Å². The van der Waals surface area contributed by atoms with Gasteiger partial charge in [0.15, 0.2) is 17.4 Å². The van der Waals surface area contributed by atoms with E-state index in [1.54, 1.807) is 0 Å². The van der Waals surface area contributed by atoms with Gasteiger partial charge in [0.1, 0.15) is 11.6 Å². The molecular weight excluding hydrogens is 473 g/mol. The Hall–Kier alpha value is -2.79. The van der Waals surface area contributed by atoms with Crippen molar-refractivity contribution in [1.82, 2.24) is 0 Å². The molecule has 0 N–H and O–H groups in total. The third kappa shape index (κ3) is 6.41. The summed E-state index contributed by atoms with van der Waals surface area (Å²) in [5, 5.41) is 0. The molecule has 0 spiro atoms. The molecule has 3 rings (SSSR count). The Kier molecular flexibility index (Phi) is 8.42. The van der Waals surface area contributed by atoms with Crippen LogP contribution >= 0.6 is 0 Å². The SMILES string of the molecule is CCCC1COC(C(F)(F)Oc2ccc(-c3cc(F)c(OC=CC(F)F)c(F)c3)c(F)c2)OC1. The van der Waals surface area contributed by atoms with Gasteiger partial charge in [0.25, 0.3) is 12.7 Å². The Bertz CT molecular complexity index is 982. The molecule has 1 heterocycles. The average molecular weight is 494 g/mol. The highest BCUT2D eigenvalue weighted by Crippen LogP contribution is 2.35. The van der Waals surface area contributed by atoms with Gasteiger partial charge in [0, 0.05) is 23.6 Å². The van der Waals surface area contributed by atoms with Crippen LogP contribution in [0.2, 0.25) is 0 Å². The van der Waals surface area contributed by atoms with E-state index in [-0.39, 0.29) is 36.3 Å². The zero-order valence-corrected chi connectivity index (χ0v) is 17.9. The predicted octanol–water partition coefficient (Wildman–Crippen LogP) is 6.69. The standard InChI is InChI=1S/C23H21F7O4/c1-2-3-13-11-32-22(33-12-13)23(29,30)34-15-4-5-16(17(24)10-15)14-8-18(25)21(19(26)9-14)31-7-6-20(27)28/h4-10,13,20,22H,2-3,11-12H2,1H3. The summed E-state index contributed by atoms with van der Waals surface area (Å²) in [5.74, 6) is -5.21. The maximum Gasteiger partial charge on any atom is 0.451 e. The van der Waals surface area contributed by atoms with Crippen molar-refractivity contribution >= 4 is 0 Å². The Morgan fingerprint density at radius 2 is 1.68 bits per heavy atom. The lowest BCUT2D eigenvalue weighted by Crippen LogP contribution is -2.47. The number of hydrogen-bond donors (Lipinski definition) is 0. The molecule has 0 aliphatic carbocycles. The van der Waals surface area contributed by atoms with Crippen LogP contribution in [0.25, 0.3) is 11.1 Å². The zero-order valence-electron chi connectivity index (χ0n) is 17.9. The average Bonchev–Trinajstić information content (AvgIpc) is 2.76. The molecule has 1 saturated heterocycles. The van der Waals surface area contributed by atoms with Gasteiger partial charge in [-0.25, -0.2) is 22.0 Å². The molecule has 2 aromatic rings. The lowest BCUT2D eigenvalue weighted by atomic mass is 10.0. The van der Waals surface area contributed by atoms with Crippen LogP contribution in [-0.2, 0) is 9.47 Å². The highest BCUT2D eigenvalue weighted by Gasteiger charge is 2.47. The van der Waals surface area contributed by atoms with Crippen molar-refractivity contribution in [2.45, 2.75) is 38.6 Å². The van der Waals surface area contributed by atoms with Crippen molar-refractivity contribution in [1.29, 1.82) is 0 Å². The summed E-state index contributed by atoms with van der Waals surface area (Å²) < 4.78 is 115. The summed E-state index contributed by atoms with van der Waals surface area (Å²) in [4.78, 5) is 0. The molecule has 2 aromatic carbocycles. The van der Waals surface area contributed by atoms with Gasteiger partial charge in [-0.3, -0.25) is 0 Å². The van der Waals surface area contributed by atoms with Crippen LogP contribution in [0, 0.1) is 23.4 Å². The molecule has 1 fully saturated rings. The van der Waals surface area contributed by atoms with E-state index >= 15 is 0 Å². The Morgan fingerprint density at radius 3 is 2.24 bits per heavy atom. The maximum atomic E-state index is 14.6. The summed E-state index contributed by atoms with van der Waals surface area (Å²) in [6.07, 6.45) is -6.49. The lowest BCUT2D eigenvalue weighted by Gasteiger charge is -2.33. The first-order valence-corrected chi connectivity index (χ1v) is 10.3. The third-order valence-electron chi connectivity index (χ3n) is 4.85. The van der Waals surface area contributed by atoms with E-state index in [0.717, 1.165) is 25.0 Å². The van der Waals surface area contributed by atoms with Crippen molar-refractivity contribution < 1.29 is 49.7 Å². The zero-order chi connectivity index (χ0) is 24.9. The van der Waals surface area contributed by atoms with Gasteiger partial charge in [-0.05, 0) is 36.2 Å². The molecule has 186 valence electrons. The second kappa shape index (κ2) is 11.1. The fourth-order valence-corrected chi connectivity index (χ4v) is 3.31. The summed E-state index contributed by atoms with van der Waals surface area (Å²) in [6, 6.07) is 4.02. The Morgan fingerprint density at radius 1 is 1.03 bits per heavy atom. The molecule has 1 aliphatic heterocycles. The molecule has 0 aromatic heterocycles. The predicted molar refractivity (Wildman–Crippen MR) is 107 cm³/mol. The van der Waals surface area contributed by atoms with E-state index in [1.807, 2.05) is 6.92 Å². The van der Waals surface area contributed by atoms with Crippen LogP contribution in [0.15, 0.2) is 42.7 Å². The highest BCUT2D eigenvalue weighted by atomic mass is 19.3. The summed E-state index contributed by atoms with van der Waals surface area (Å²) in [6.45, 7) is 2.08. The van der Waals surface area contributed by atoms with E-state index in [0.29, 0.717) is 24.5 Å². The molecule has 0 saturated carbocycles. The van der Waals surface area contributed by atoms with Gasteiger partial charge in [0.05, 0.1) is 19.5 Å². The summed E-state index contributed by atoms with van der Waals surface area (Å²) in [7, 11) is 0. The number of benzene rings is 2. The number of rotatable bonds is 9. The van der Waals surface area contributed by atoms with Gasteiger partial charge in [0.2, 0.25) is 0 Å². The van der Waals surface area contributed by atoms with Gasteiger partial charge in [-0.2, -0.15) is 8.78 Å². The summed E-state index contributed by atoms with van der Waals surface area (Å²) >= 11 is 0. The molecule has 0 bridgehead atoms. The molecule has 0 atom stereocenters. The van der Waals surface area contributed by atoms with Crippen molar-refractivity contribution in [2.24, 2.45) is 5.92 Å². The molecule has 0 unspecified atom stereocenters. The molecule has 34 heavy (non-hydrogen) atoms. The molecule has 11 heteroatoms. The van der Waals surface area contributed by atoms with Crippen LogP contribution in [-0.4, -0.2) is 32.0 Å². The fourth-order valence-electron chi connectivity index (χ4n) is 3.31. The number of ether oxygens (including phenoxy) is 4. The number of allylic oxidation sites excluding steroid dienone is 1. The van der Waals surface area contributed by atoms with E-state index in [2.05, 4.69) is 9.47 Å². The first-order valence-electron chi connectivity index (χ1n) is 10.3. The molecule has 0 radical (unpaired) electrons. The minimum absolute atomic E-state index is 0.00770. The van der Waals surface area contributed by atoms with E-state index in [1.165, 1.54) is 0 Å². The van der Waals surface area contributed by atoms with Crippen molar-refractivity contribution in [3.05, 3.63) is 60.1 Å². The van der Waals surface area contributed by atoms with E-state index in [4.69, 9.17) is 9.47 Å².